The molecule has 1 aliphatic heterocycles. The minimum absolute atomic E-state index is 0.0816. The highest BCUT2D eigenvalue weighted by Crippen LogP contribution is 2.52. The molecule has 0 radical (unpaired) electrons. The number of anilines is 1. The molecule has 2 unspecified atom stereocenters. The highest BCUT2D eigenvalue weighted by molar-refractivity contribution is 7.93. The zero-order valence-corrected chi connectivity index (χ0v) is 25.9. The number of halogens is 2. The van der Waals surface area contributed by atoms with E-state index in [2.05, 4.69) is 4.98 Å². The first-order valence-electron chi connectivity index (χ1n) is 13.2. The monoisotopic (exact) mass is 641 g/mol. The van der Waals surface area contributed by atoms with Crippen molar-refractivity contribution in [2.45, 2.75) is 23.0 Å². The summed E-state index contributed by atoms with van der Waals surface area (Å²) in [5.41, 5.74) is -1.10. The van der Waals surface area contributed by atoms with Crippen LogP contribution in [0.2, 0.25) is 10.0 Å². The Bertz CT molecular complexity index is 1770. The van der Waals surface area contributed by atoms with Gasteiger partial charge in [-0.25, -0.2) is 12.7 Å². The normalized spacial score (nSPS) is 17.8. The van der Waals surface area contributed by atoms with Crippen molar-refractivity contribution in [3.63, 3.8) is 0 Å². The van der Waals surface area contributed by atoms with Gasteiger partial charge in [0.05, 0.1) is 24.8 Å². The van der Waals surface area contributed by atoms with E-state index in [9.17, 15) is 18.3 Å². The molecule has 43 heavy (non-hydrogen) atoms. The number of rotatable bonds is 9. The van der Waals surface area contributed by atoms with Gasteiger partial charge < -0.3 is 19.5 Å². The Labute approximate surface area is 260 Å². The zero-order chi connectivity index (χ0) is 30.9. The predicted molar refractivity (Wildman–Crippen MR) is 164 cm³/mol. The van der Waals surface area contributed by atoms with Crippen molar-refractivity contribution in [1.29, 1.82) is 0 Å². The number of sulfonamides is 1. The number of aromatic nitrogens is 1. The Morgan fingerprint density at radius 2 is 1.70 bits per heavy atom. The van der Waals surface area contributed by atoms with E-state index in [4.69, 9.17) is 32.7 Å². The number of ether oxygens (including phenoxy) is 2. The topological polar surface area (TPSA) is 109 Å². The average Bonchev–Trinajstić information content (AvgIpc) is 3.28. The van der Waals surface area contributed by atoms with Gasteiger partial charge in [0.25, 0.3) is 10.0 Å². The van der Waals surface area contributed by atoms with Gasteiger partial charge in [-0.1, -0.05) is 47.5 Å². The number of aliphatic hydroxyl groups is 1. The van der Waals surface area contributed by atoms with E-state index in [1.165, 1.54) is 55.5 Å². The standard InChI is InChI=1S/C31H29Cl2N3O6S/c1-35(17-15-21-8-6-7-16-34-21)30(37)29-31(38,23-9-4-5-10-25(23)33)24-18-20(32)11-13-26(24)36(29)43(39,40)22-12-14-27(41-2)28(19-22)42-3/h4-14,16,18-19,29,38H,15,17H2,1-3H3. The minimum Gasteiger partial charge on any atom is -0.493 e. The summed E-state index contributed by atoms with van der Waals surface area (Å²) in [6.45, 7) is 0.201. The smallest absolute Gasteiger partial charge is 0.265 e. The number of pyridine rings is 1. The lowest BCUT2D eigenvalue weighted by Crippen LogP contribution is -2.57. The molecule has 3 aromatic carbocycles. The molecule has 0 saturated heterocycles. The molecule has 12 heteroatoms. The van der Waals surface area contributed by atoms with E-state index < -0.39 is 27.6 Å². The lowest BCUT2D eigenvalue weighted by Gasteiger charge is -2.37. The van der Waals surface area contributed by atoms with Crippen molar-refractivity contribution in [2.75, 3.05) is 32.1 Å². The summed E-state index contributed by atoms with van der Waals surface area (Å²) in [5.74, 6) is -0.157. The quantitative estimate of drug-likeness (QED) is 0.276. The number of hydrogen-bond acceptors (Lipinski definition) is 7. The van der Waals surface area contributed by atoms with Crippen LogP contribution in [0.4, 0.5) is 5.69 Å². The first-order chi connectivity index (χ1) is 20.5. The molecule has 1 aliphatic rings. The lowest BCUT2D eigenvalue weighted by atomic mass is 9.82. The summed E-state index contributed by atoms with van der Waals surface area (Å²) in [6.07, 6.45) is 2.06. The van der Waals surface area contributed by atoms with Gasteiger partial charge >= 0.3 is 0 Å². The summed E-state index contributed by atoms with van der Waals surface area (Å²) < 4.78 is 40.7. The lowest BCUT2D eigenvalue weighted by molar-refractivity contribution is -0.135. The SMILES string of the molecule is COc1ccc(S(=O)(=O)N2c3ccc(Cl)cc3C(O)(c3ccccc3Cl)C2C(=O)N(C)CCc2ccccn2)cc1OC. The van der Waals surface area contributed by atoms with Crippen molar-refractivity contribution in [1.82, 2.24) is 9.88 Å². The third-order valence-corrected chi connectivity index (χ3v) is 9.81. The van der Waals surface area contributed by atoms with Gasteiger partial charge in [-0.05, 0) is 48.5 Å². The highest BCUT2D eigenvalue weighted by atomic mass is 35.5. The number of carbonyl (C=O) groups is 1. The molecule has 5 rings (SSSR count). The van der Waals surface area contributed by atoms with Gasteiger partial charge in [-0.2, -0.15) is 0 Å². The van der Waals surface area contributed by atoms with Crippen LogP contribution in [0.15, 0.2) is 90.0 Å². The molecule has 4 aromatic rings. The van der Waals surface area contributed by atoms with Crippen LogP contribution in [0.1, 0.15) is 16.8 Å². The van der Waals surface area contributed by atoms with Crippen LogP contribution in [0, 0.1) is 0 Å². The van der Waals surface area contributed by atoms with Gasteiger partial charge in [0, 0.05) is 59.1 Å². The number of carbonyl (C=O) groups excluding carboxylic acids is 1. The Hall–Kier alpha value is -3.83. The average molecular weight is 643 g/mol. The number of methoxy groups -OCH3 is 2. The Morgan fingerprint density at radius 1 is 0.977 bits per heavy atom. The highest BCUT2D eigenvalue weighted by Gasteiger charge is 2.59. The van der Waals surface area contributed by atoms with Crippen LogP contribution in [0.25, 0.3) is 0 Å². The number of likely N-dealkylation sites (N-methyl/N-ethyl adjacent to an activating group) is 1. The molecule has 224 valence electrons. The first kappa shape index (κ1) is 30.6. The molecule has 2 heterocycles. The number of fused-ring (bicyclic) bond motifs is 1. The summed E-state index contributed by atoms with van der Waals surface area (Å²) in [4.78, 5) is 20.0. The molecule has 1 aromatic heterocycles. The van der Waals surface area contributed by atoms with Crippen molar-refractivity contribution >= 4 is 44.8 Å². The van der Waals surface area contributed by atoms with Crippen LogP contribution in [0.5, 0.6) is 11.5 Å². The molecule has 0 spiro atoms. The molecule has 0 fully saturated rings. The van der Waals surface area contributed by atoms with Gasteiger partial charge in [0.2, 0.25) is 5.91 Å². The second-order valence-corrected chi connectivity index (χ2v) is 12.6. The van der Waals surface area contributed by atoms with Crippen molar-refractivity contribution in [3.05, 3.63) is 112 Å². The minimum atomic E-state index is -4.52. The largest absolute Gasteiger partial charge is 0.493 e. The first-order valence-corrected chi connectivity index (χ1v) is 15.4. The van der Waals surface area contributed by atoms with Gasteiger partial charge in [0.15, 0.2) is 17.5 Å². The third kappa shape index (κ3) is 5.40. The van der Waals surface area contributed by atoms with Crippen molar-refractivity contribution in [2.24, 2.45) is 0 Å². The summed E-state index contributed by atoms with van der Waals surface area (Å²) in [5, 5.41) is 13.1. The predicted octanol–water partition coefficient (Wildman–Crippen LogP) is 4.92. The fourth-order valence-corrected chi connectivity index (χ4v) is 7.42. The van der Waals surface area contributed by atoms with Gasteiger partial charge in [0.1, 0.15) is 5.60 Å². The zero-order valence-electron chi connectivity index (χ0n) is 23.6. The van der Waals surface area contributed by atoms with Gasteiger partial charge in [-0.3, -0.25) is 9.78 Å². The van der Waals surface area contributed by atoms with Crippen LogP contribution in [-0.2, 0) is 26.8 Å². The Kier molecular flexibility index (Phi) is 8.58. The molecule has 0 bridgehead atoms. The van der Waals surface area contributed by atoms with E-state index in [1.54, 1.807) is 43.6 Å². The van der Waals surface area contributed by atoms with E-state index in [1.807, 2.05) is 12.1 Å². The Morgan fingerprint density at radius 3 is 2.37 bits per heavy atom. The van der Waals surface area contributed by atoms with Crippen molar-refractivity contribution in [3.8, 4) is 11.5 Å². The van der Waals surface area contributed by atoms with Crippen LogP contribution < -0.4 is 13.8 Å². The molecular formula is C31H29Cl2N3O6S. The van der Waals surface area contributed by atoms with Crippen LogP contribution in [0.3, 0.4) is 0 Å². The number of nitrogens with zero attached hydrogens (tertiary/aromatic N) is 3. The third-order valence-electron chi connectivity index (χ3n) is 7.47. The number of hydrogen-bond donors (Lipinski definition) is 1. The molecule has 0 aliphatic carbocycles. The fourth-order valence-electron chi connectivity index (χ4n) is 5.31. The van der Waals surface area contributed by atoms with E-state index in [-0.39, 0.29) is 44.0 Å². The maximum atomic E-state index is 14.5. The summed E-state index contributed by atoms with van der Waals surface area (Å²) in [6, 6.07) is 18.8. The van der Waals surface area contributed by atoms with Crippen LogP contribution >= 0.6 is 23.2 Å². The number of benzene rings is 3. The molecule has 9 nitrogen and oxygen atoms in total. The van der Waals surface area contributed by atoms with Crippen molar-refractivity contribution < 1.29 is 27.8 Å². The van der Waals surface area contributed by atoms with E-state index in [0.29, 0.717) is 12.2 Å². The molecule has 0 saturated carbocycles. The maximum absolute atomic E-state index is 14.5. The maximum Gasteiger partial charge on any atom is 0.265 e. The second-order valence-electron chi connectivity index (χ2n) is 9.96. The second kappa shape index (κ2) is 12.0. The summed E-state index contributed by atoms with van der Waals surface area (Å²) in [7, 11) is -0.141. The Balaban J connectivity index is 1.71. The van der Waals surface area contributed by atoms with Gasteiger partial charge in [-0.15, -0.1) is 0 Å². The molecule has 1 amide bonds. The number of amides is 1. The fraction of sp³-hybridized carbons (Fsp3) is 0.226. The molecule has 1 N–H and O–H groups in total. The van der Waals surface area contributed by atoms with E-state index in [0.717, 1.165) is 10.00 Å². The molecular weight excluding hydrogens is 613 g/mol. The van der Waals surface area contributed by atoms with Crippen LogP contribution in [-0.4, -0.2) is 63.2 Å². The summed E-state index contributed by atoms with van der Waals surface area (Å²) >= 11 is 13.0. The van der Waals surface area contributed by atoms with E-state index >= 15 is 0 Å². The molecule has 2 atom stereocenters.